The van der Waals surface area contributed by atoms with Gasteiger partial charge in [0.2, 0.25) is 5.91 Å². The van der Waals surface area contributed by atoms with E-state index in [2.05, 4.69) is 16.8 Å². The highest BCUT2D eigenvalue weighted by atomic mass is 31.2. The number of ether oxygens (including phenoxy) is 2. The Hall–Kier alpha value is -1.48. The summed E-state index contributed by atoms with van der Waals surface area (Å²) in [4.78, 5) is 53.4. The van der Waals surface area contributed by atoms with E-state index >= 15 is 0 Å². The molecule has 0 spiro atoms. The SMILES string of the molecule is CCCCCCCCCCCCCCCC(=O)O[C@H](COC(=O)CCCCCCCCCCCCCNC(C)=O)COP(=O)(O)O. The molecule has 0 aromatic heterocycles. The Morgan fingerprint density at radius 3 is 1.39 bits per heavy atom. The summed E-state index contributed by atoms with van der Waals surface area (Å²) in [5, 5.41) is 2.82. The van der Waals surface area contributed by atoms with E-state index in [1.54, 1.807) is 6.92 Å². The fraction of sp³-hybridized carbons (Fsp3) is 0.914. The third kappa shape index (κ3) is 35.4. The number of phosphoric acid groups is 1. The van der Waals surface area contributed by atoms with Crippen LogP contribution in [0, 0.1) is 0 Å². The summed E-state index contributed by atoms with van der Waals surface area (Å²) in [6.45, 7) is 3.71. The number of rotatable bonds is 34. The van der Waals surface area contributed by atoms with Gasteiger partial charge in [0, 0.05) is 26.3 Å². The zero-order valence-electron chi connectivity index (χ0n) is 29.3. The second-order valence-corrected chi connectivity index (χ2v) is 13.9. The van der Waals surface area contributed by atoms with Crippen LogP contribution < -0.4 is 5.32 Å². The first-order valence-electron chi connectivity index (χ1n) is 18.4. The molecule has 11 heteroatoms. The molecule has 0 rings (SSSR count). The first-order valence-corrected chi connectivity index (χ1v) is 20.0. The van der Waals surface area contributed by atoms with Crippen LogP contribution in [0.25, 0.3) is 0 Å². The van der Waals surface area contributed by atoms with E-state index in [0.717, 1.165) is 57.9 Å². The summed E-state index contributed by atoms with van der Waals surface area (Å²) >= 11 is 0. The van der Waals surface area contributed by atoms with Crippen molar-refractivity contribution in [1.82, 2.24) is 5.32 Å². The Morgan fingerprint density at radius 2 is 0.978 bits per heavy atom. The molecule has 1 atom stereocenters. The molecule has 0 saturated heterocycles. The van der Waals surface area contributed by atoms with Crippen molar-refractivity contribution in [2.24, 2.45) is 0 Å². The average molecular weight is 678 g/mol. The number of carbonyl (C=O) groups excluding carboxylic acids is 3. The smallest absolute Gasteiger partial charge is 0.462 e. The van der Waals surface area contributed by atoms with Crippen LogP contribution in [0.15, 0.2) is 0 Å². The highest BCUT2D eigenvalue weighted by molar-refractivity contribution is 7.46. The summed E-state index contributed by atoms with van der Waals surface area (Å²) < 4.78 is 26.2. The van der Waals surface area contributed by atoms with Crippen molar-refractivity contribution in [3.8, 4) is 0 Å². The van der Waals surface area contributed by atoms with E-state index in [1.807, 2.05) is 0 Å². The van der Waals surface area contributed by atoms with E-state index in [4.69, 9.17) is 19.3 Å². The van der Waals surface area contributed by atoms with Crippen LogP contribution in [-0.4, -0.2) is 53.5 Å². The summed E-state index contributed by atoms with van der Waals surface area (Å²) in [5.41, 5.74) is 0. The lowest BCUT2D eigenvalue weighted by atomic mass is 10.0. The summed E-state index contributed by atoms with van der Waals surface area (Å²) in [6, 6.07) is 0. The largest absolute Gasteiger partial charge is 0.469 e. The Kier molecular flexibility index (Phi) is 31.1. The zero-order valence-corrected chi connectivity index (χ0v) is 30.2. The van der Waals surface area contributed by atoms with Gasteiger partial charge in [0.25, 0.3) is 0 Å². The lowest BCUT2D eigenvalue weighted by Gasteiger charge is -2.18. The van der Waals surface area contributed by atoms with Gasteiger partial charge in [-0.25, -0.2) is 4.57 Å². The molecule has 0 bridgehead atoms. The second-order valence-electron chi connectivity index (χ2n) is 12.7. The molecule has 1 amide bonds. The summed E-state index contributed by atoms with van der Waals surface area (Å²) in [7, 11) is -4.75. The molecule has 0 radical (unpaired) electrons. The molecule has 0 unspecified atom stereocenters. The Labute approximate surface area is 280 Å². The molecule has 0 aromatic carbocycles. The molecule has 0 aliphatic carbocycles. The second kappa shape index (κ2) is 32.1. The first kappa shape index (κ1) is 44.5. The fourth-order valence-corrected chi connectivity index (χ4v) is 5.70. The molecule has 3 N–H and O–H groups in total. The molecule has 0 heterocycles. The number of esters is 2. The molecule has 272 valence electrons. The van der Waals surface area contributed by atoms with Gasteiger partial charge in [0.05, 0.1) is 6.61 Å². The first-order chi connectivity index (χ1) is 22.1. The maximum absolute atomic E-state index is 12.3. The summed E-state index contributed by atoms with van der Waals surface area (Å²) in [6.07, 6.45) is 27.1. The number of hydrogen-bond acceptors (Lipinski definition) is 7. The molecule has 0 fully saturated rings. The molecule has 10 nitrogen and oxygen atoms in total. The van der Waals surface area contributed by atoms with Gasteiger partial charge in [-0.1, -0.05) is 142 Å². The van der Waals surface area contributed by atoms with Gasteiger partial charge in [-0.2, -0.15) is 0 Å². The van der Waals surface area contributed by atoms with Gasteiger partial charge < -0.3 is 24.6 Å². The van der Waals surface area contributed by atoms with Crippen LogP contribution in [0.3, 0.4) is 0 Å². The number of hydrogen-bond donors (Lipinski definition) is 3. The lowest BCUT2D eigenvalue weighted by Crippen LogP contribution is -2.29. The molecular formula is C35H68NO9P. The Bertz CT molecular complexity index is 790. The van der Waals surface area contributed by atoms with Gasteiger partial charge >= 0.3 is 19.8 Å². The molecule has 0 aliphatic rings. The predicted molar refractivity (Wildman–Crippen MR) is 183 cm³/mol. The minimum absolute atomic E-state index is 0.0321. The highest BCUT2D eigenvalue weighted by Gasteiger charge is 2.22. The standard InChI is InChI=1S/C35H68NO9P/c1-3-4-5-6-7-8-9-10-12-16-19-22-25-28-35(39)45-33(31-44-46(40,41)42)30-43-34(38)27-24-21-18-15-13-11-14-17-20-23-26-29-36-32(2)37/h33H,3-31H2,1-2H3,(H,36,37)(H2,40,41,42)/t33-/m1/s1. The van der Waals surface area contributed by atoms with Crippen molar-refractivity contribution >= 4 is 25.7 Å². The van der Waals surface area contributed by atoms with E-state index in [9.17, 15) is 18.9 Å². The van der Waals surface area contributed by atoms with Crippen LogP contribution in [0.4, 0.5) is 0 Å². The topological polar surface area (TPSA) is 148 Å². The normalized spacial score (nSPS) is 12.2. The van der Waals surface area contributed by atoms with E-state index in [-0.39, 0.29) is 25.4 Å². The number of amides is 1. The number of carbonyl (C=O) groups is 3. The van der Waals surface area contributed by atoms with Crippen molar-refractivity contribution in [1.29, 1.82) is 0 Å². The van der Waals surface area contributed by atoms with Crippen molar-refractivity contribution in [3.05, 3.63) is 0 Å². The Morgan fingerprint density at radius 1 is 0.587 bits per heavy atom. The van der Waals surface area contributed by atoms with Gasteiger partial charge in [-0.15, -0.1) is 0 Å². The molecule has 46 heavy (non-hydrogen) atoms. The zero-order chi connectivity index (χ0) is 34.1. The quantitative estimate of drug-likeness (QED) is 0.0345. The lowest BCUT2D eigenvalue weighted by molar-refractivity contribution is -0.161. The van der Waals surface area contributed by atoms with Crippen LogP contribution in [-0.2, 0) is 32.9 Å². The van der Waals surface area contributed by atoms with Crippen molar-refractivity contribution in [2.45, 2.75) is 187 Å². The van der Waals surface area contributed by atoms with Crippen LogP contribution in [0.1, 0.15) is 181 Å². The maximum Gasteiger partial charge on any atom is 0.469 e. The fourth-order valence-electron chi connectivity index (χ4n) is 5.34. The number of nitrogens with one attached hydrogen (secondary N) is 1. The van der Waals surface area contributed by atoms with E-state index < -0.39 is 32.5 Å². The minimum atomic E-state index is -4.75. The monoisotopic (exact) mass is 677 g/mol. The maximum atomic E-state index is 12.3. The third-order valence-electron chi connectivity index (χ3n) is 8.07. The highest BCUT2D eigenvalue weighted by Crippen LogP contribution is 2.36. The predicted octanol–water partition coefficient (Wildman–Crippen LogP) is 8.85. The van der Waals surface area contributed by atoms with Gasteiger partial charge in [0.15, 0.2) is 6.10 Å². The third-order valence-corrected chi connectivity index (χ3v) is 8.56. The van der Waals surface area contributed by atoms with Gasteiger partial charge in [0.1, 0.15) is 6.61 Å². The van der Waals surface area contributed by atoms with Crippen LogP contribution >= 0.6 is 7.82 Å². The molecule has 0 saturated carbocycles. The van der Waals surface area contributed by atoms with Gasteiger partial charge in [-0.05, 0) is 19.3 Å². The molecule has 0 aromatic rings. The van der Waals surface area contributed by atoms with Crippen molar-refractivity contribution in [3.63, 3.8) is 0 Å². The molecule has 0 aliphatic heterocycles. The average Bonchev–Trinajstić information content (AvgIpc) is 3.00. The number of phosphoric ester groups is 1. The van der Waals surface area contributed by atoms with E-state index in [0.29, 0.717) is 12.8 Å². The minimum Gasteiger partial charge on any atom is -0.462 e. The van der Waals surface area contributed by atoms with Crippen LogP contribution in [0.5, 0.6) is 0 Å². The van der Waals surface area contributed by atoms with E-state index in [1.165, 1.54) is 89.9 Å². The Balaban J connectivity index is 3.92. The van der Waals surface area contributed by atoms with Crippen molar-refractivity contribution in [2.75, 3.05) is 19.8 Å². The van der Waals surface area contributed by atoms with Crippen LogP contribution in [0.2, 0.25) is 0 Å². The van der Waals surface area contributed by atoms with Crippen molar-refractivity contribution < 1.29 is 42.7 Å². The summed E-state index contributed by atoms with van der Waals surface area (Å²) in [5.74, 6) is -0.877. The van der Waals surface area contributed by atoms with Gasteiger partial charge in [-0.3, -0.25) is 18.9 Å². The number of unbranched alkanes of at least 4 members (excludes halogenated alkanes) is 22. The molecular weight excluding hydrogens is 609 g/mol.